The second-order valence-electron chi connectivity index (χ2n) is 4.97. The van der Waals surface area contributed by atoms with Gasteiger partial charge in [-0.05, 0) is 49.7 Å². The van der Waals surface area contributed by atoms with Crippen LogP contribution in [-0.4, -0.2) is 19.0 Å². The minimum atomic E-state index is -0.0371. The predicted octanol–water partition coefficient (Wildman–Crippen LogP) is 3.42. The Kier molecular flexibility index (Phi) is 5.78. The fraction of sp³-hybridized carbons (Fsp3) is 0.235. The van der Waals surface area contributed by atoms with E-state index in [1.165, 1.54) is 5.56 Å². The fourth-order valence-electron chi connectivity index (χ4n) is 1.97. The molecule has 0 spiro atoms. The summed E-state index contributed by atoms with van der Waals surface area (Å²) >= 11 is 5.92. The van der Waals surface area contributed by atoms with Crippen LogP contribution in [0.25, 0.3) is 0 Å². The third-order valence-electron chi connectivity index (χ3n) is 3.10. The lowest BCUT2D eigenvalue weighted by Crippen LogP contribution is -2.29. The third-order valence-corrected chi connectivity index (χ3v) is 3.34. The molecular formula is C17H19ClN2O. The standard InChI is InChI=1S/C17H19ClN2O/c1-13-5-7-16(8-6-13)20-17(21)12-19-10-9-14-3-2-4-15(18)11-14/h2-8,11,19H,9-10,12H2,1H3,(H,20,21). The maximum Gasteiger partial charge on any atom is 0.238 e. The van der Waals surface area contributed by atoms with Crippen molar-refractivity contribution in [2.45, 2.75) is 13.3 Å². The molecule has 0 aromatic heterocycles. The van der Waals surface area contributed by atoms with Crippen LogP contribution < -0.4 is 10.6 Å². The Labute approximate surface area is 130 Å². The van der Waals surface area contributed by atoms with Crippen molar-refractivity contribution in [3.05, 3.63) is 64.7 Å². The molecule has 2 aromatic carbocycles. The maximum atomic E-state index is 11.8. The van der Waals surface area contributed by atoms with E-state index in [-0.39, 0.29) is 5.91 Å². The van der Waals surface area contributed by atoms with Gasteiger partial charge in [0.25, 0.3) is 0 Å². The highest BCUT2D eigenvalue weighted by Crippen LogP contribution is 2.10. The van der Waals surface area contributed by atoms with Crippen molar-refractivity contribution in [2.75, 3.05) is 18.4 Å². The van der Waals surface area contributed by atoms with Gasteiger partial charge in [-0.1, -0.05) is 41.4 Å². The average molecular weight is 303 g/mol. The lowest BCUT2D eigenvalue weighted by molar-refractivity contribution is -0.115. The van der Waals surface area contributed by atoms with E-state index in [0.717, 1.165) is 29.2 Å². The first-order valence-corrected chi connectivity index (χ1v) is 7.33. The smallest absolute Gasteiger partial charge is 0.238 e. The van der Waals surface area contributed by atoms with Crippen LogP contribution in [0.3, 0.4) is 0 Å². The van der Waals surface area contributed by atoms with Gasteiger partial charge in [-0.2, -0.15) is 0 Å². The first-order chi connectivity index (χ1) is 10.1. The van der Waals surface area contributed by atoms with Crippen LogP contribution in [0.2, 0.25) is 5.02 Å². The maximum absolute atomic E-state index is 11.8. The minimum Gasteiger partial charge on any atom is -0.325 e. The fourth-order valence-corrected chi connectivity index (χ4v) is 2.18. The van der Waals surface area contributed by atoms with E-state index in [1.807, 2.05) is 55.5 Å². The number of aryl methyl sites for hydroxylation is 1. The van der Waals surface area contributed by atoms with Crippen LogP contribution in [0.5, 0.6) is 0 Å². The Morgan fingerprint density at radius 3 is 2.62 bits per heavy atom. The Morgan fingerprint density at radius 1 is 1.14 bits per heavy atom. The molecular weight excluding hydrogens is 284 g/mol. The van der Waals surface area contributed by atoms with Crippen LogP contribution in [0.4, 0.5) is 5.69 Å². The van der Waals surface area contributed by atoms with E-state index >= 15 is 0 Å². The van der Waals surface area contributed by atoms with Gasteiger partial charge in [-0.3, -0.25) is 4.79 Å². The molecule has 1 amide bonds. The number of amides is 1. The first-order valence-electron chi connectivity index (χ1n) is 6.95. The summed E-state index contributed by atoms with van der Waals surface area (Å²) < 4.78 is 0. The number of benzene rings is 2. The molecule has 0 saturated carbocycles. The van der Waals surface area contributed by atoms with Gasteiger partial charge in [0.1, 0.15) is 0 Å². The molecule has 0 radical (unpaired) electrons. The van der Waals surface area contributed by atoms with Gasteiger partial charge in [0.15, 0.2) is 0 Å². The Balaban J connectivity index is 1.68. The Hall–Kier alpha value is -1.84. The topological polar surface area (TPSA) is 41.1 Å². The molecule has 0 saturated heterocycles. The van der Waals surface area contributed by atoms with E-state index in [1.54, 1.807) is 0 Å². The normalized spacial score (nSPS) is 10.4. The highest BCUT2D eigenvalue weighted by atomic mass is 35.5. The number of carbonyl (C=O) groups is 1. The molecule has 0 aliphatic heterocycles. The number of carbonyl (C=O) groups excluding carboxylic acids is 1. The molecule has 2 N–H and O–H groups in total. The zero-order valence-electron chi connectivity index (χ0n) is 12.0. The number of nitrogens with one attached hydrogen (secondary N) is 2. The highest BCUT2D eigenvalue weighted by molar-refractivity contribution is 6.30. The minimum absolute atomic E-state index is 0.0371. The number of rotatable bonds is 6. The van der Waals surface area contributed by atoms with Gasteiger partial charge in [0.05, 0.1) is 6.54 Å². The number of hydrogen-bond acceptors (Lipinski definition) is 2. The van der Waals surface area contributed by atoms with Crippen molar-refractivity contribution >= 4 is 23.2 Å². The molecule has 0 aliphatic rings. The molecule has 0 bridgehead atoms. The molecule has 0 aliphatic carbocycles. The number of anilines is 1. The zero-order valence-corrected chi connectivity index (χ0v) is 12.8. The summed E-state index contributed by atoms with van der Waals surface area (Å²) in [6, 6.07) is 15.5. The monoisotopic (exact) mass is 302 g/mol. The van der Waals surface area contributed by atoms with Gasteiger partial charge in [0.2, 0.25) is 5.91 Å². The lowest BCUT2D eigenvalue weighted by Gasteiger charge is -2.07. The van der Waals surface area contributed by atoms with Crippen LogP contribution in [-0.2, 0) is 11.2 Å². The molecule has 110 valence electrons. The quantitative estimate of drug-likeness (QED) is 0.803. The summed E-state index contributed by atoms with van der Waals surface area (Å²) in [7, 11) is 0. The zero-order chi connectivity index (χ0) is 15.1. The second-order valence-corrected chi connectivity index (χ2v) is 5.41. The van der Waals surface area contributed by atoms with Crippen LogP contribution in [0.15, 0.2) is 48.5 Å². The summed E-state index contributed by atoms with van der Waals surface area (Å²) in [5, 5.41) is 6.72. The van der Waals surface area contributed by atoms with E-state index in [0.29, 0.717) is 6.54 Å². The van der Waals surface area contributed by atoms with E-state index in [4.69, 9.17) is 11.6 Å². The largest absolute Gasteiger partial charge is 0.325 e. The van der Waals surface area contributed by atoms with Crippen molar-refractivity contribution < 1.29 is 4.79 Å². The van der Waals surface area contributed by atoms with Gasteiger partial charge >= 0.3 is 0 Å². The molecule has 0 unspecified atom stereocenters. The summed E-state index contributed by atoms with van der Waals surface area (Å²) in [5.41, 5.74) is 3.16. The van der Waals surface area contributed by atoms with Gasteiger partial charge in [-0.15, -0.1) is 0 Å². The third kappa shape index (κ3) is 5.58. The summed E-state index contributed by atoms with van der Waals surface area (Å²) in [6.07, 6.45) is 0.846. The second kappa shape index (κ2) is 7.81. The van der Waals surface area contributed by atoms with Crippen LogP contribution >= 0.6 is 11.6 Å². The molecule has 4 heteroatoms. The molecule has 0 heterocycles. The van der Waals surface area contributed by atoms with Crippen molar-refractivity contribution in [3.63, 3.8) is 0 Å². The first kappa shape index (κ1) is 15.5. The molecule has 2 rings (SSSR count). The van der Waals surface area contributed by atoms with E-state index in [9.17, 15) is 4.79 Å². The number of halogens is 1. The van der Waals surface area contributed by atoms with Gasteiger partial charge < -0.3 is 10.6 Å². The molecule has 3 nitrogen and oxygen atoms in total. The van der Waals surface area contributed by atoms with Crippen molar-refractivity contribution in [3.8, 4) is 0 Å². The van der Waals surface area contributed by atoms with Crippen LogP contribution in [0.1, 0.15) is 11.1 Å². The van der Waals surface area contributed by atoms with Gasteiger partial charge in [0, 0.05) is 10.7 Å². The Bertz CT molecular complexity index is 596. The van der Waals surface area contributed by atoms with Crippen molar-refractivity contribution in [1.82, 2.24) is 5.32 Å². The number of hydrogen-bond donors (Lipinski definition) is 2. The highest BCUT2D eigenvalue weighted by Gasteiger charge is 2.01. The Morgan fingerprint density at radius 2 is 1.90 bits per heavy atom. The average Bonchev–Trinajstić information content (AvgIpc) is 2.46. The molecule has 0 atom stereocenters. The van der Waals surface area contributed by atoms with E-state index in [2.05, 4.69) is 10.6 Å². The molecule has 2 aromatic rings. The predicted molar refractivity (Wildman–Crippen MR) is 87.8 cm³/mol. The van der Waals surface area contributed by atoms with Gasteiger partial charge in [-0.25, -0.2) is 0 Å². The molecule has 0 fully saturated rings. The summed E-state index contributed by atoms with van der Waals surface area (Å²) in [5.74, 6) is -0.0371. The lowest BCUT2D eigenvalue weighted by atomic mass is 10.1. The van der Waals surface area contributed by atoms with Crippen molar-refractivity contribution in [2.24, 2.45) is 0 Å². The van der Waals surface area contributed by atoms with E-state index < -0.39 is 0 Å². The SMILES string of the molecule is Cc1ccc(NC(=O)CNCCc2cccc(Cl)c2)cc1. The summed E-state index contributed by atoms with van der Waals surface area (Å²) in [6.45, 7) is 3.05. The van der Waals surface area contributed by atoms with Crippen LogP contribution in [0, 0.1) is 6.92 Å². The van der Waals surface area contributed by atoms with Crippen molar-refractivity contribution in [1.29, 1.82) is 0 Å². The summed E-state index contributed by atoms with van der Waals surface area (Å²) in [4.78, 5) is 11.8. The molecule has 21 heavy (non-hydrogen) atoms.